The normalized spacial score (nSPS) is 20.4. The van der Waals surface area contributed by atoms with Gasteiger partial charge in [-0.1, -0.05) is 0 Å². The van der Waals surface area contributed by atoms with Gasteiger partial charge in [-0.3, -0.25) is 4.79 Å². The van der Waals surface area contributed by atoms with Crippen LogP contribution in [0.15, 0.2) is 21.5 Å². The maximum atomic E-state index is 12.2. The molecule has 0 saturated heterocycles. The molecule has 2 rings (SSSR count). The minimum absolute atomic E-state index is 0.0496. The van der Waals surface area contributed by atoms with Crippen molar-refractivity contribution >= 4 is 37.4 Å². The number of aryl methyl sites for hydroxylation is 1. The third-order valence-corrected chi connectivity index (χ3v) is 5.47. The Bertz CT molecular complexity index is 627. The van der Waals surface area contributed by atoms with Crippen LogP contribution in [0, 0.1) is 6.92 Å². The molecule has 0 radical (unpaired) electrons. The monoisotopic (exact) mass is 347 g/mol. The van der Waals surface area contributed by atoms with E-state index in [1.807, 2.05) is 13.0 Å². The van der Waals surface area contributed by atoms with Crippen LogP contribution in [-0.2, 0) is 14.6 Å². The zero-order valence-electron chi connectivity index (χ0n) is 10.3. The number of hydrogen-bond donors (Lipinski definition) is 2. The highest BCUT2D eigenvalue weighted by Crippen LogP contribution is 2.36. The highest BCUT2D eigenvalue weighted by atomic mass is 79.9. The SMILES string of the molecule is Cc1cc(Br)c2c(c1)S(=O)(=O)CC(CCC(=O)O)N2. The molecular weight excluding hydrogens is 334 g/mol. The maximum absolute atomic E-state index is 12.2. The Morgan fingerprint density at radius 3 is 2.84 bits per heavy atom. The van der Waals surface area contributed by atoms with Crippen LogP contribution in [0.2, 0.25) is 0 Å². The van der Waals surface area contributed by atoms with E-state index in [4.69, 9.17) is 5.11 Å². The number of fused-ring (bicyclic) bond motifs is 1. The molecule has 1 aromatic carbocycles. The fourth-order valence-electron chi connectivity index (χ4n) is 2.15. The molecule has 0 spiro atoms. The van der Waals surface area contributed by atoms with Crippen molar-refractivity contribution < 1.29 is 18.3 Å². The molecule has 1 unspecified atom stereocenters. The number of nitrogens with one attached hydrogen (secondary N) is 1. The molecule has 0 amide bonds. The molecule has 0 fully saturated rings. The van der Waals surface area contributed by atoms with Gasteiger partial charge in [0.25, 0.3) is 0 Å². The van der Waals surface area contributed by atoms with Crippen molar-refractivity contribution in [2.24, 2.45) is 0 Å². The fourth-order valence-corrected chi connectivity index (χ4v) is 4.77. The standard InChI is InChI=1S/C12H14BrNO4S/c1-7-4-9(13)12-10(5-7)19(17,18)6-8(14-12)2-3-11(15)16/h4-5,8,14H,2-3,6H2,1H3,(H,15,16). The van der Waals surface area contributed by atoms with Gasteiger partial charge in [0.2, 0.25) is 0 Å². The largest absolute Gasteiger partial charge is 0.481 e. The Balaban J connectivity index is 2.36. The Kier molecular flexibility index (Phi) is 3.87. The van der Waals surface area contributed by atoms with Crippen molar-refractivity contribution in [3.05, 3.63) is 22.2 Å². The summed E-state index contributed by atoms with van der Waals surface area (Å²) in [6.07, 6.45) is 0.236. The van der Waals surface area contributed by atoms with Crippen molar-refractivity contribution in [3.8, 4) is 0 Å². The van der Waals surface area contributed by atoms with Crippen LogP contribution >= 0.6 is 15.9 Å². The number of benzene rings is 1. The van der Waals surface area contributed by atoms with Gasteiger partial charge in [0.05, 0.1) is 16.3 Å². The first-order valence-corrected chi connectivity index (χ1v) is 8.25. The molecule has 0 saturated carbocycles. The first-order valence-electron chi connectivity index (χ1n) is 5.81. The highest BCUT2D eigenvalue weighted by Gasteiger charge is 2.31. The van der Waals surface area contributed by atoms with Crippen LogP contribution in [0.3, 0.4) is 0 Å². The second-order valence-corrected chi connectivity index (χ2v) is 7.53. The first kappa shape index (κ1) is 14.3. The topological polar surface area (TPSA) is 83.5 Å². The van der Waals surface area contributed by atoms with Crippen molar-refractivity contribution in [3.63, 3.8) is 0 Å². The van der Waals surface area contributed by atoms with E-state index in [9.17, 15) is 13.2 Å². The van der Waals surface area contributed by atoms with E-state index in [0.717, 1.165) is 5.56 Å². The third-order valence-electron chi connectivity index (χ3n) is 3.01. The van der Waals surface area contributed by atoms with Crippen molar-refractivity contribution in [2.75, 3.05) is 11.1 Å². The summed E-state index contributed by atoms with van der Waals surface area (Å²) in [5, 5.41) is 11.8. The number of carboxylic acid groups (broad SMARTS) is 1. The van der Waals surface area contributed by atoms with Crippen LogP contribution in [0.5, 0.6) is 0 Å². The minimum Gasteiger partial charge on any atom is -0.481 e. The molecule has 5 nitrogen and oxygen atoms in total. The molecule has 0 aliphatic carbocycles. The van der Waals surface area contributed by atoms with Gasteiger partial charge in [-0.25, -0.2) is 8.42 Å². The van der Waals surface area contributed by atoms with Crippen LogP contribution in [0.1, 0.15) is 18.4 Å². The molecule has 0 bridgehead atoms. The van der Waals surface area contributed by atoms with E-state index in [1.54, 1.807) is 6.07 Å². The number of aliphatic carboxylic acids is 1. The molecule has 1 aromatic rings. The lowest BCUT2D eigenvalue weighted by Gasteiger charge is -2.27. The number of anilines is 1. The summed E-state index contributed by atoms with van der Waals surface area (Å²) >= 11 is 3.35. The Morgan fingerprint density at radius 2 is 2.21 bits per heavy atom. The molecule has 1 heterocycles. The molecule has 1 aliphatic heterocycles. The average molecular weight is 348 g/mol. The minimum atomic E-state index is -3.37. The summed E-state index contributed by atoms with van der Waals surface area (Å²) in [6, 6.07) is 3.10. The van der Waals surface area contributed by atoms with Crippen LogP contribution in [0.25, 0.3) is 0 Å². The number of sulfone groups is 1. The third kappa shape index (κ3) is 3.09. The smallest absolute Gasteiger partial charge is 0.303 e. The average Bonchev–Trinajstić information content (AvgIpc) is 2.27. The summed E-state index contributed by atoms with van der Waals surface area (Å²) in [5.74, 6) is -0.989. The van der Waals surface area contributed by atoms with Gasteiger partial charge in [-0.15, -0.1) is 0 Å². The number of rotatable bonds is 3. The summed E-state index contributed by atoms with van der Waals surface area (Å²) in [6.45, 7) is 1.83. The molecule has 7 heteroatoms. The van der Waals surface area contributed by atoms with E-state index >= 15 is 0 Å². The van der Waals surface area contributed by atoms with E-state index < -0.39 is 15.8 Å². The van der Waals surface area contributed by atoms with Gasteiger partial charge in [0.15, 0.2) is 9.84 Å². The molecular formula is C12H14BrNO4S. The number of carboxylic acids is 1. The van der Waals surface area contributed by atoms with Gasteiger partial charge < -0.3 is 10.4 Å². The van der Waals surface area contributed by atoms with Gasteiger partial charge in [-0.2, -0.15) is 0 Å². The predicted molar refractivity (Wildman–Crippen MR) is 75.2 cm³/mol. The zero-order valence-corrected chi connectivity index (χ0v) is 12.7. The van der Waals surface area contributed by atoms with E-state index in [2.05, 4.69) is 21.2 Å². The van der Waals surface area contributed by atoms with E-state index in [0.29, 0.717) is 10.2 Å². The van der Waals surface area contributed by atoms with Crippen molar-refractivity contribution in [2.45, 2.75) is 30.7 Å². The Hall–Kier alpha value is -1.08. The zero-order chi connectivity index (χ0) is 14.2. The van der Waals surface area contributed by atoms with E-state index in [1.165, 1.54) is 0 Å². The van der Waals surface area contributed by atoms with Gasteiger partial charge in [0, 0.05) is 16.9 Å². The summed E-state index contributed by atoms with van der Waals surface area (Å²) in [5.41, 5.74) is 1.40. The first-order chi connectivity index (χ1) is 8.79. The Morgan fingerprint density at radius 1 is 1.53 bits per heavy atom. The van der Waals surface area contributed by atoms with Crippen LogP contribution in [-0.4, -0.2) is 31.3 Å². The second-order valence-electron chi connectivity index (χ2n) is 4.67. The Labute approximate surface area is 120 Å². The van der Waals surface area contributed by atoms with Crippen molar-refractivity contribution in [1.29, 1.82) is 0 Å². The lowest BCUT2D eigenvalue weighted by atomic mass is 10.1. The number of carbonyl (C=O) groups is 1. The summed E-state index contributed by atoms with van der Waals surface area (Å²) in [4.78, 5) is 10.9. The molecule has 0 aromatic heterocycles. The maximum Gasteiger partial charge on any atom is 0.303 e. The molecule has 104 valence electrons. The predicted octanol–water partition coefficient (Wildman–Crippen LogP) is 2.19. The number of halogens is 1. The summed E-state index contributed by atoms with van der Waals surface area (Å²) in [7, 11) is -3.37. The molecule has 1 aliphatic rings. The quantitative estimate of drug-likeness (QED) is 0.875. The highest BCUT2D eigenvalue weighted by molar-refractivity contribution is 9.10. The van der Waals surface area contributed by atoms with E-state index in [-0.39, 0.29) is 29.5 Å². The second kappa shape index (κ2) is 5.13. The summed E-state index contributed by atoms with van der Waals surface area (Å²) < 4.78 is 25.1. The molecule has 19 heavy (non-hydrogen) atoms. The lowest BCUT2D eigenvalue weighted by Crippen LogP contribution is -2.35. The molecule has 1 atom stereocenters. The number of hydrogen-bond acceptors (Lipinski definition) is 4. The van der Waals surface area contributed by atoms with Crippen molar-refractivity contribution in [1.82, 2.24) is 0 Å². The van der Waals surface area contributed by atoms with Crippen LogP contribution in [0.4, 0.5) is 5.69 Å². The van der Waals surface area contributed by atoms with Gasteiger partial charge >= 0.3 is 5.97 Å². The van der Waals surface area contributed by atoms with Gasteiger partial charge in [0.1, 0.15) is 0 Å². The van der Waals surface area contributed by atoms with Gasteiger partial charge in [-0.05, 0) is 47.0 Å². The molecule has 2 N–H and O–H groups in total. The lowest BCUT2D eigenvalue weighted by molar-refractivity contribution is -0.137. The fraction of sp³-hybridized carbons (Fsp3) is 0.417. The van der Waals surface area contributed by atoms with Crippen LogP contribution < -0.4 is 5.32 Å².